The molecule has 0 amide bonds. The van der Waals surface area contributed by atoms with Gasteiger partial charge in [-0.1, -0.05) is 11.6 Å². The molecule has 6 heteroatoms. The van der Waals surface area contributed by atoms with Gasteiger partial charge in [0.15, 0.2) is 0 Å². The fourth-order valence-electron chi connectivity index (χ4n) is 1.42. The summed E-state index contributed by atoms with van der Waals surface area (Å²) in [6, 6.07) is -0.00618. The Morgan fingerprint density at radius 3 is 2.67 bits per heavy atom. The number of ether oxygens (including phenoxy) is 1. The number of halogens is 1. The van der Waals surface area contributed by atoms with Crippen LogP contribution in [0.15, 0.2) is 11.0 Å². The Balaban J connectivity index is 2.68. The number of hydrogen-bond donors (Lipinski definition) is 1. The maximum Gasteiger partial charge on any atom is 0.287 e. The van der Waals surface area contributed by atoms with Gasteiger partial charge in [-0.3, -0.25) is 4.79 Å². The number of nitrogens with one attached hydrogen (secondary N) is 1. The molecule has 18 heavy (non-hydrogen) atoms. The first-order valence-electron chi connectivity index (χ1n) is 6.06. The monoisotopic (exact) mass is 273 g/mol. The molecular weight excluding hydrogens is 254 g/mol. The van der Waals surface area contributed by atoms with Crippen molar-refractivity contribution in [1.82, 2.24) is 9.78 Å². The third-order valence-electron chi connectivity index (χ3n) is 2.30. The second-order valence-corrected chi connectivity index (χ2v) is 4.94. The van der Waals surface area contributed by atoms with Gasteiger partial charge in [0.1, 0.15) is 5.02 Å². The fourth-order valence-corrected chi connectivity index (χ4v) is 1.62. The molecule has 0 bridgehead atoms. The van der Waals surface area contributed by atoms with Crippen molar-refractivity contribution in [3.8, 4) is 0 Å². The molecule has 0 atom stereocenters. The maximum absolute atomic E-state index is 11.9. The molecule has 0 saturated carbocycles. The molecule has 0 saturated heterocycles. The van der Waals surface area contributed by atoms with Crippen molar-refractivity contribution < 1.29 is 4.74 Å². The highest BCUT2D eigenvalue weighted by Gasteiger charge is 2.10. The largest absolute Gasteiger partial charge is 0.380 e. The van der Waals surface area contributed by atoms with Crippen molar-refractivity contribution in [3.05, 3.63) is 21.6 Å². The highest BCUT2D eigenvalue weighted by atomic mass is 35.5. The van der Waals surface area contributed by atoms with E-state index in [1.165, 1.54) is 4.68 Å². The second kappa shape index (κ2) is 6.75. The summed E-state index contributed by atoms with van der Waals surface area (Å²) in [5.74, 6) is 0. The van der Waals surface area contributed by atoms with Crippen LogP contribution in [0, 0.1) is 0 Å². The first-order chi connectivity index (χ1) is 8.43. The molecule has 0 aliphatic rings. The number of hydrogen-bond acceptors (Lipinski definition) is 4. The van der Waals surface area contributed by atoms with Crippen molar-refractivity contribution in [2.45, 2.75) is 39.8 Å². The Morgan fingerprint density at radius 2 is 2.11 bits per heavy atom. The van der Waals surface area contributed by atoms with Crippen LogP contribution in [0.1, 0.15) is 33.7 Å². The molecule has 0 spiro atoms. The Bertz CT molecular complexity index is 443. The molecule has 0 aromatic carbocycles. The minimum atomic E-state index is -0.276. The molecule has 1 aromatic heterocycles. The topological polar surface area (TPSA) is 56.1 Å². The van der Waals surface area contributed by atoms with E-state index in [4.69, 9.17) is 16.3 Å². The maximum atomic E-state index is 11.9. The molecule has 1 N–H and O–H groups in total. The van der Waals surface area contributed by atoms with Gasteiger partial charge in [0, 0.05) is 6.54 Å². The summed E-state index contributed by atoms with van der Waals surface area (Å²) in [6.07, 6.45) is 1.76. The summed E-state index contributed by atoms with van der Waals surface area (Å²) in [5.41, 5.74) is 0.271. The molecule has 0 fully saturated rings. The molecular formula is C12H20ClN3O2. The van der Waals surface area contributed by atoms with E-state index in [-0.39, 0.29) is 22.7 Å². The van der Waals surface area contributed by atoms with Crippen LogP contribution in [0.5, 0.6) is 0 Å². The van der Waals surface area contributed by atoms with Crippen molar-refractivity contribution in [3.63, 3.8) is 0 Å². The predicted molar refractivity (Wildman–Crippen MR) is 73.5 cm³/mol. The lowest BCUT2D eigenvalue weighted by atomic mass is 10.4. The van der Waals surface area contributed by atoms with Crippen molar-refractivity contribution in [2.24, 2.45) is 0 Å². The standard InChI is InChI=1S/C12H20ClN3O2/c1-8(2)16-12(17)11(13)10(7-15-16)14-5-6-18-9(3)4/h7-9,14H,5-6H2,1-4H3. The quantitative estimate of drug-likeness (QED) is 0.808. The Kier molecular flexibility index (Phi) is 5.62. The van der Waals surface area contributed by atoms with Gasteiger partial charge in [-0.15, -0.1) is 0 Å². The van der Waals surface area contributed by atoms with Crippen LogP contribution in [-0.2, 0) is 4.74 Å². The van der Waals surface area contributed by atoms with Crippen molar-refractivity contribution in [1.29, 1.82) is 0 Å². The lowest BCUT2D eigenvalue weighted by Crippen LogP contribution is -2.26. The molecule has 5 nitrogen and oxygen atoms in total. The zero-order valence-electron chi connectivity index (χ0n) is 11.2. The van der Waals surface area contributed by atoms with Crippen LogP contribution in [0.25, 0.3) is 0 Å². The van der Waals surface area contributed by atoms with Gasteiger partial charge >= 0.3 is 0 Å². The van der Waals surface area contributed by atoms with Gasteiger partial charge in [-0.05, 0) is 27.7 Å². The average molecular weight is 274 g/mol. The Morgan fingerprint density at radius 1 is 1.44 bits per heavy atom. The van der Waals surface area contributed by atoms with Crippen molar-refractivity contribution in [2.75, 3.05) is 18.5 Å². The lowest BCUT2D eigenvalue weighted by Gasteiger charge is -2.13. The van der Waals surface area contributed by atoms with Crippen LogP contribution in [0.4, 0.5) is 5.69 Å². The Labute approximate surface area is 112 Å². The van der Waals surface area contributed by atoms with Crippen molar-refractivity contribution >= 4 is 17.3 Å². The molecule has 1 rings (SSSR count). The van der Waals surface area contributed by atoms with Crippen LogP contribution in [0.3, 0.4) is 0 Å². The summed E-state index contributed by atoms with van der Waals surface area (Å²) < 4.78 is 6.75. The first kappa shape index (κ1) is 15.0. The van der Waals surface area contributed by atoms with Crippen LogP contribution in [0.2, 0.25) is 5.02 Å². The molecule has 0 aliphatic heterocycles. The number of aromatic nitrogens is 2. The highest BCUT2D eigenvalue weighted by molar-refractivity contribution is 6.32. The predicted octanol–water partition coefficient (Wildman–Crippen LogP) is 2.31. The number of rotatable bonds is 6. The molecule has 0 unspecified atom stereocenters. The van der Waals surface area contributed by atoms with Gasteiger partial charge in [0.25, 0.3) is 5.56 Å². The van der Waals surface area contributed by atoms with E-state index in [0.29, 0.717) is 18.8 Å². The molecule has 1 aromatic rings. The summed E-state index contributed by atoms with van der Waals surface area (Å²) in [4.78, 5) is 11.9. The zero-order chi connectivity index (χ0) is 13.7. The Hall–Kier alpha value is -1.07. The van der Waals surface area contributed by atoms with E-state index < -0.39 is 0 Å². The van der Waals surface area contributed by atoms with Gasteiger partial charge in [-0.25, -0.2) is 4.68 Å². The van der Waals surface area contributed by atoms with E-state index in [1.54, 1.807) is 6.20 Å². The van der Waals surface area contributed by atoms with Gasteiger partial charge in [-0.2, -0.15) is 5.10 Å². The second-order valence-electron chi connectivity index (χ2n) is 4.56. The van der Waals surface area contributed by atoms with Crippen LogP contribution >= 0.6 is 11.6 Å². The third-order valence-corrected chi connectivity index (χ3v) is 2.67. The molecule has 102 valence electrons. The normalized spacial score (nSPS) is 11.3. The van der Waals surface area contributed by atoms with Gasteiger partial charge < -0.3 is 10.1 Å². The average Bonchev–Trinajstić information content (AvgIpc) is 2.29. The van der Waals surface area contributed by atoms with Crippen LogP contribution < -0.4 is 10.9 Å². The third kappa shape index (κ3) is 3.99. The zero-order valence-corrected chi connectivity index (χ0v) is 12.0. The van der Waals surface area contributed by atoms with E-state index >= 15 is 0 Å². The molecule has 1 heterocycles. The van der Waals surface area contributed by atoms with E-state index in [0.717, 1.165) is 0 Å². The van der Waals surface area contributed by atoms with Gasteiger partial charge in [0.2, 0.25) is 0 Å². The minimum Gasteiger partial charge on any atom is -0.380 e. The van der Waals surface area contributed by atoms with Crippen LogP contribution in [-0.4, -0.2) is 29.0 Å². The number of anilines is 1. The molecule has 0 aliphatic carbocycles. The SMILES string of the molecule is CC(C)OCCNc1cnn(C(C)C)c(=O)c1Cl. The first-order valence-corrected chi connectivity index (χ1v) is 6.44. The smallest absolute Gasteiger partial charge is 0.287 e. The van der Waals surface area contributed by atoms with Gasteiger partial charge in [0.05, 0.1) is 30.6 Å². The van der Waals surface area contributed by atoms with E-state index in [9.17, 15) is 4.79 Å². The summed E-state index contributed by atoms with van der Waals surface area (Å²) in [5, 5.41) is 7.28. The minimum absolute atomic E-state index is 0.00618. The lowest BCUT2D eigenvalue weighted by molar-refractivity contribution is 0.0870. The summed E-state index contributed by atoms with van der Waals surface area (Å²) in [7, 11) is 0. The number of nitrogens with zero attached hydrogens (tertiary/aromatic N) is 2. The van der Waals surface area contributed by atoms with E-state index in [1.807, 2.05) is 27.7 Å². The molecule has 0 radical (unpaired) electrons. The highest BCUT2D eigenvalue weighted by Crippen LogP contribution is 2.15. The summed E-state index contributed by atoms with van der Waals surface area (Å²) >= 11 is 6.01. The van der Waals surface area contributed by atoms with E-state index in [2.05, 4.69) is 10.4 Å². The fraction of sp³-hybridized carbons (Fsp3) is 0.667. The summed E-state index contributed by atoms with van der Waals surface area (Å²) in [6.45, 7) is 8.85.